The fourth-order valence-electron chi connectivity index (χ4n) is 6.36. The van der Waals surface area contributed by atoms with Gasteiger partial charge >= 0.3 is 0 Å². The minimum atomic E-state index is -0.308. The second kappa shape index (κ2) is 7.56. The minimum absolute atomic E-state index is 0.308. The topological polar surface area (TPSA) is 42.0 Å². The molecule has 0 aliphatic carbocycles. The fraction of sp³-hybridized carbons (Fsp3) is 0.500. The van der Waals surface area contributed by atoms with Crippen LogP contribution in [-0.2, 0) is 11.3 Å². The van der Waals surface area contributed by atoms with Crippen molar-refractivity contribution in [3.05, 3.63) is 58.7 Å². The summed E-state index contributed by atoms with van der Waals surface area (Å²) in [5.41, 5.74) is 4.72. The van der Waals surface area contributed by atoms with Crippen LogP contribution in [0.3, 0.4) is 0 Å². The summed E-state index contributed by atoms with van der Waals surface area (Å²) in [4.78, 5) is 18.4. The van der Waals surface area contributed by atoms with E-state index in [4.69, 9.17) is 9.47 Å². The molecule has 164 valence electrons. The molecule has 31 heavy (non-hydrogen) atoms. The predicted molar refractivity (Wildman–Crippen MR) is 120 cm³/mol. The number of carbonyl (C=O) groups is 1. The van der Waals surface area contributed by atoms with Gasteiger partial charge in [-0.25, -0.2) is 0 Å². The van der Waals surface area contributed by atoms with Crippen LogP contribution in [0.2, 0.25) is 0 Å². The van der Waals surface area contributed by atoms with Crippen LogP contribution in [0, 0.1) is 19.8 Å². The Hall–Kier alpha value is -2.53. The highest BCUT2D eigenvalue weighted by Gasteiger charge is 2.65. The number of carbonyl (C=O) groups excluding carboxylic acids is 1. The van der Waals surface area contributed by atoms with E-state index in [1.807, 2.05) is 12.1 Å². The van der Waals surface area contributed by atoms with Crippen molar-refractivity contribution in [2.45, 2.75) is 51.2 Å². The molecule has 2 aromatic rings. The van der Waals surface area contributed by atoms with Gasteiger partial charge in [-0.1, -0.05) is 18.2 Å². The monoisotopic (exact) mass is 420 g/mol. The van der Waals surface area contributed by atoms with Gasteiger partial charge in [0, 0.05) is 25.0 Å². The molecular formula is C26H32N2O3. The quantitative estimate of drug-likeness (QED) is 0.725. The average molecular weight is 421 g/mol. The Morgan fingerprint density at radius 2 is 1.81 bits per heavy atom. The second-order valence-corrected chi connectivity index (χ2v) is 9.31. The summed E-state index contributed by atoms with van der Waals surface area (Å²) in [6.07, 6.45) is 3.14. The van der Waals surface area contributed by atoms with Gasteiger partial charge < -0.3 is 14.4 Å². The highest BCUT2D eigenvalue weighted by atomic mass is 16.5. The smallest absolute Gasteiger partial charge is 0.243 e. The molecule has 3 heterocycles. The molecule has 0 aromatic heterocycles. The van der Waals surface area contributed by atoms with Crippen molar-refractivity contribution >= 4 is 5.91 Å². The van der Waals surface area contributed by atoms with Crippen LogP contribution in [0.1, 0.15) is 47.6 Å². The van der Waals surface area contributed by atoms with Crippen LogP contribution in [0.4, 0.5) is 0 Å². The normalized spacial score (nSPS) is 27.5. The first-order valence-electron chi connectivity index (χ1n) is 11.3. The summed E-state index contributed by atoms with van der Waals surface area (Å²) >= 11 is 0. The Morgan fingerprint density at radius 1 is 1.03 bits per heavy atom. The first-order chi connectivity index (χ1) is 15.0. The minimum Gasteiger partial charge on any atom is -0.497 e. The van der Waals surface area contributed by atoms with E-state index in [9.17, 15) is 4.79 Å². The molecule has 3 aliphatic heterocycles. The molecule has 0 bridgehead atoms. The van der Waals surface area contributed by atoms with Crippen LogP contribution in [-0.4, -0.2) is 48.6 Å². The maximum Gasteiger partial charge on any atom is 0.243 e. The van der Waals surface area contributed by atoms with Crippen molar-refractivity contribution in [1.29, 1.82) is 0 Å². The Labute approximate surface area is 184 Å². The summed E-state index contributed by atoms with van der Waals surface area (Å²) in [6, 6.07) is 12.7. The summed E-state index contributed by atoms with van der Waals surface area (Å²) in [5, 5.41) is 0. The van der Waals surface area contributed by atoms with Crippen molar-refractivity contribution in [2.24, 2.45) is 5.92 Å². The number of amides is 1. The highest BCUT2D eigenvalue weighted by molar-refractivity contribution is 5.90. The summed E-state index contributed by atoms with van der Waals surface area (Å²) < 4.78 is 10.8. The molecule has 3 atom stereocenters. The molecule has 5 heteroatoms. The lowest BCUT2D eigenvalue weighted by molar-refractivity contribution is -0.137. The summed E-state index contributed by atoms with van der Waals surface area (Å²) in [7, 11) is 3.41. The Balaban J connectivity index is 1.41. The second-order valence-electron chi connectivity index (χ2n) is 9.31. The van der Waals surface area contributed by atoms with Gasteiger partial charge in [-0.2, -0.15) is 0 Å². The molecule has 1 amide bonds. The zero-order valence-electron chi connectivity index (χ0n) is 19.0. The Kier molecular flexibility index (Phi) is 4.97. The third-order valence-electron chi connectivity index (χ3n) is 8.02. The molecular weight excluding hydrogens is 388 g/mol. The molecule has 5 rings (SSSR count). The van der Waals surface area contributed by atoms with Crippen LogP contribution in [0.5, 0.6) is 11.5 Å². The molecule has 1 spiro atoms. The Morgan fingerprint density at radius 3 is 2.52 bits per heavy atom. The van der Waals surface area contributed by atoms with E-state index in [1.54, 1.807) is 14.2 Å². The first kappa shape index (κ1) is 20.4. The number of methoxy groups -OCH3 is 2. The van der Waals surface area contributed by atoms with Crippen molar-refractivity contribution < 1.29 is 14.3 Å². The lowest BCUT2D eigenvalue weighted by atomic mass is 9.85. The van der Waals surface area contributed by atoms with Crippen LogP contribution >= 0.6 is 0 Å². The number of rotatable bonds is 5. The van der Waals surface area contributed by atoms with Gasteiger partial charge in [-0.15, -0.1) is 0 Å². The van der Waals surface area contributed by atoms with Gasteiger partial charge in [0.05, 0.1) is 14.2 Å². The van der Waals surface area contributed by atoms with E-state index in [2.05, 4.69) is 47.9 Å². The highest BCUT2D eigenvalue weighted by Crippen LogP contribution is 2.56. The van der Waals surface area contributed by atoms with Crippen molar-refractivity contribution in [3.8, 4) is 11.5 Å². The van der Waals surface area contributed by atoms with Gasteiger partial charge in [0.1, 0.15) is 17.0 Å². The van der Waals surface area contributed by atoms with Gasteiger partial charge in [0.25, 0.3) is 0 Å². The lowest BCUT2D eigenvalue weighted by Crippen LogP contribution is -2.49. The van der Waals surface area contributed by atoms with Gasteiger partial charge in [0.2, 0.25) is 5.91 Å². The van der Waals surface area contributed by atoms with E-state index in [0.717, 1.165) is 49.4 Å². The maximum atomic E-state index is 13.8. The largest absolute Gasteiger partial charge is 0.497 e. The molecule has 0 radical (unpaired) electrons. The Bertz CT molecular complexity index is 1000. The van der Waals surface area contributed by atoms with E-state index in [1.165, 1.54) is 16.7 Å². The van der Waals surface area contributed by atoms with Crippen molar-refractivity contribution in [2.75, 3.05) is 27.3 Å². The van der Waals surface area contributed by atoms with E-state index in [-0.39, 0.29) is 5.54 Å². The van der Waals surface area contributed by atoms with Gasteiger partial charge in [0.15, 0.2) is 0 Å². The van der Waals surface area contributed by atoms with Crippen molar-refractivity contribution in [3.63, 3.8) is 0 Å². The summed E-state index contributed by atoms with van der Waals surface area (Å²) in [5.74, 6) is 2.52. The molecule has 2 aromatic carbocycles. The maximum absolute atomic E-state index is 13.8. The number of benzene rings is 2. The molecule has 0 saturated carbocycles. The van der Waals surface area contributed by atoms with Crippen molar-refractivity contribution in [1.82, 2.24) is 9.80 Å². The van der Waals surface area contributed by atoms with E-state index in [0.29, 0.717) is 24.4 Å². The zero-order valence-corrected chi connectivity index (χ0v) is 19.0. The number of ether oxygens (including phenoxy) is 2. The van der Waals surface area contributed by atoms with E-state index < -0.39 is 0 Å². The predicted octanol–water partition coefficient (Wildman–Crippen LogP) is 4.26. The standard InChI is InChI=1S/C26H32N2O3/c1-17-18(2)24(31-4)11-10-22(17)23-14-20-16-27(15-19-6-8-21(30-3)9-7-19)25(29)26(20)12-5-13-28(23)26/h6-11,20,23H,5,12-16H2,1-4H3/t20-,23-,26-/m0/s1. The average Bonchev–Trinajstić information content (AvgIpc) is 3.41. The zero-order chi connectivity index (χ0) is 21.8. The van der Waals surface area contributed by atoms with Crippen LogP contribution in [0.15, 0.2) is 36.4 Å². The molecule has 5 nitrogen and oxygen atoms in total. The van der Waals surface area contributed by atoms with Gasteiger partial charge in [-0.05, 0) is 80.1 Å². The first-order valence-corrected chi connectivity index (χ1v) is 11.3. The number of nitrogens with zero attached hydrogens (tertiary/aromatic N) is 2. The van der Waals surface area contributed by atoms with Crippen LogP contribution < -0.4 is 9.47 Å². The molecule has 0 N–H and O–H groups in total. The molecule has 3 aliphatic rings. The SMILES string of the molecule is COc1ccc(CN2C[C@@H]3C[C@@H](c4ccc(OC)c(C)c4C)N4CCC[C@@]34C2=O)cc1. The fourth-order valence-corrected chi connectivity index (χ4v) is 6.36. The molecule has 3 fully saturated rings. The number of hydrogen-bond donors (Lipinski definition) is 0. The molecule has 3 saturated heterocycles. The summed E-state index contributed by atoms with van der Waals surface area (Å²) in [6.45, 7) is 6.87. The van der Waals surface area contributed by atoms with Gasteiger partial charge in [-0.3, -0.25) is 9.69 Å². The lowest BCUT2D eigenvalue weighted by Gasteiger charge is -2.34. The third-order valence-corrected chi connectivity index (χ3v) is 8.02. The number of likely N-dealkylation sites (tertiary alicyclic amines) is 1. The van der Waals surface area contributed by atoms with Crippen LogP contribution in [0.25, 0.3) is 0 Å². The van der Waals surface area contributed by atoms with E-state index >= 15 is 0 Å². The molecule has 0 unspecified atom stereocenters. The third kappa shape index (κ3) is 2.97. The number of hydrogen-bond acceptors (Lipinski definition) is 4.